The van der Waals surface area contributed by atoms with Gasteiger partial charge in [0.05, 0.1) is 19.5 Å². The highest BCUT2D eigenvalue weighted by Gasteiger charge is 2.18. The zero-order chi connectivity index (χ0) is 11.3. The predicted molar refractivity (Wildman–Crippen MR) is 62.5 cm³/mol. The molecule has 0 unspecified atom stereocenters. The lowest BCUT2D eigenvalue weighted by Gasteiger charge is -1.92. The van der Waals surface area contributed by atoms with E-state index in [1.165, 1.54) is 16.8 Å². The van der Waals surface area contributed by atoms with Crippen molar-refractivity contribution in [3.05, 3.63) is 36.1 Å². The van der Waals surface area contributed by atoms with Crippen molar-refractivity contribution in [2.45, 2.75) is 20.3 Å². The second-order valence-electron chi connectivity index (χ2n) is 4.24. The van der Waals surface area contributed by atoms with E-state index in [1.54, 1.807) is 0 Å². The third kappa shape index (κ3) is 1.06. The van der Waals surface area contributed by atoms with E-state index in [0.29, 0.717) is 0 Å². The molecule has 0 N–H and O–H groups in total. The van der Waals surface area contributed by atoms with Crippen LogP contribution in [0.25, 0.3) is 16.5 Å². The predicted octanol–water partition coefficient (Wildman–Crippen LogP) is 2.38. The van der Waals surface area contributed by atoms with Gasteiger partial charge in [0.2, 0.25) is 5.52 Å². The molecule has 0 radical (unpaired) electrons. The lowest BCUT2D eigenvalue weighted by Crippen LogP contribution is -2.30. The highest BCUT2D eigenvalue weighted by atomic mass is 16.3. The second kappa shape index (κ2) is 3.11. The lowest BCUT2D eigenvalue weighted by molar-refractivity contribution is -0.677. The molecular formula is C13H15N2O+. The fourth-order valence-corrected chi connectivity index (χ4v) is 2.39. The number of hydrogen-bond donors (Lipinski definition) is 0. The molecule has 0 aliphatic heterocycles. The summed E-state index contributed by atoms with van der Waals surface area (Å²) in [7, 11) is 2.08. The summed E-state index contributed by atoms with van der Waals surface area (Å²) >= 11 is 0. The zero-order valence-electron chi connectivity index (χ0n) is 9.82. The van der Waals surface area contributed by atoms with Gasteiger partial charge in [-0.25, -0.2) is 4.57 Å². The summed E-state index contributed by atoms with van der Waals surface area (Å²) in [5.41, 5.74) is 3.32. The minimum absolute atomic E-state index is 0.982. The molecule has 3 rings (SSSR count). The van der Waals surface area contributed by atoms with Gasteiger partial charge in [0.25, 0.3) is 5.82 Å². The van der Waals surface area contributed by atoms with Crippen LogP contribution in [0.5, 0.6) is 0 Å². The molecule has 0 fully saturated rings. The van der Waals surface area contributed by atoms with Crippen LogP contribution in [0, 0.1) is 6.92 Å². The first-order valence-corrected chi connectivity index (χ1v) is 5.58. The third-order valence-electron chi connectivity index (χ3n) is 3.22. The van der Waals surface area contributed by atoms with Crippen molar-refractivity contribution in [1.82, 2.24) is 4.40 Å². The molecule has 0 bridgehead atoms. The fourth-order valence-electron chi connectivity index (χ4n) is 2.39. The van der Waals surface area contributed by atoms with Gasteiger partial charge in [0.15, 0.2) is 5.58 Å². The van der Waals surface area contributed by atoms with E-state index < -0.39 is 0 Å². The van der Waals surface area contributed by atoms with Gasteiger partial charge < -0.3 is 4.42 Å². The van der Waals surface area contributed by atoms with Crippen LogP contribution >= 0.6 is 0 Å². The molecule has 3 heterocycles. The third-order valence-corrected chi connectivity index (χ3v) is 3.22. The summed E-state index contributed by atoms with van der Waals surface area (Å²) in [4.78, 5) is 0. The topological polar surface area (TPSA) is 21.4 Å². The molecule has 3 heteroatoms. The molecule has 16 heavy (non-hydrogen) atoms. The Morgan fingerprint density at radius 3 is 3.00 bits per heavy atom. The molecule has 0 atom stereocenters. The molecule has 0 aliphatic rings. The quantitative estimate of drug-likeness (QED) is 0.571. The Bertz CT molecular complexity index is 676. The smallest absolute Gasteiger partial charge is 0.261 e. The van der Waals surface area contributed by atoms with E-state index >= 15 is 0 Å². The summed E-state index contributed by atoms with van der Waals surface area (Å²) in [5.74, 6) is 1.28. The molecule has 0 amide bonds. The first-order chi connectivity index (χ1) is 7.72. The Kier molecular flexibility index (Phi) is 1.84. The van der Waals surface area contributed by atoms with Gasteiger partial charge in [-0.2, -0.15) is 4.40 Å². The van der Waals surface area contributed by atoms with Crippen molar-refractivity contribution in [2.24, 2.45) is 7.05 Å². The van der Waals surface area contributed by atoms with Crippen molar-refractivity contribution in [3.63, 3.8) is 0 Å². The van der Waals surface area contributed by atoms with Crippen LogP contribution in [-0.2, 0) is 13.5 Å². The van der Waals surface area contributed by atoms with Crippen molar-refractivity contribution in [3.8, 4) is 0 Å². The molecule has 82 valence electrons. The van der Waals surface area contributed by atoms with E-state index in [4.69, 9.17) is 4.42 Å². The lowest BCUT2D eigenvalue weighted by atomic mass is 10.2. The van der Waals surface area contributed by atoms with E-state index in [1.807, 2.05) is 6.26 Å². The average Bonchev–Trinajstić information content (AvgIpc) is 2.78. The fraction of sp³-hybridized carbons (Fsp3) is 0.308. The standard InChI is InChI=1S/C13H15N2O/c1-4-12-14(3)7-11-13-10(5-6-15(11)12)9(2)8-16-13/h5-8H,4H2,1-3H3/q+1. The van der Waals surface area contributed by atoms with Crippen molar-refractivity contribution in [1.29, 1.82) is 0 Å². The molecular weight excluding hydrogens is 200 g/mol. The van der Waals surface area contributed by atoms with Gasteiger partial charge >= 0.3 is 0 Å². The maximum Gasteiger partial charge on any atom is 0.261 e. The Balaban J connectivity index is 2.52. The van der Waals surface area contributed by atoms with E-state index in [2.05, 4.69) is 48.3 Å². The Hall–Kier alpha value is -1.77. The second-order valence-corrected chi connectivity index (χ2v) is 4.24. The summed E-state index contributed by atoms with van der Waals surface area (Å²) in [6, 6.07) is 2.13. The Morgan fingerprint density at radius 2 is 2.25 bits per heavy atom. The van der Waals surface area contributed by atoms with Crippen molar-refractivity contribution >= 4 is 16.5 Å². The first-order valence-electron chi connectivity index (χ1n) is 5.58. The minimum Gasteiger partial charge on any atom is -0.459 e. The van der Waals surface area contributed by atoms with Crippen LogP contribution in [0.2, 0.25) is 0 Å². The van der Waals surface area contributed by atoms with Crippen LogP contribution in [0.1, 0.15) is 18.3 Å². The van der Waals surface area contributed by atoms with E-state index in [9.17, 15) is 0 Å². The maximum absolute atomic E-state index is 5.64. The number of aromatic nitrogens is 2. The van der Waals surface area contributed by atoms with Gasteiger partial charge in [-0.05, 0) is 18.6 Å². The molecule has 3 aromatic heterocycles. The zero-order valence-corrected chi connectivity index (χ0v) is 9.82. The number of aryl methyl sites for hydroxylation is 3. The van der Waals surface area contributed by atoms with Crippen molar-refractivity contribution in [2.75, 3.05) is 0 Å². The number of rotatable bonds is 1. The summed E-state index contributed by atoms with van der Waals surface area (Å²) in [5, 5.41) is 1.20. The van der Waals surface area contributed by atoms with Gasteiger partial charge in [-0.3, -0.25) is 0 Å². The Morgan fingerprint density at radius 1 is 1.44 bits per heavy atom. The average molecular weight is 215 g/mol. The minimum atomic E-state index is 0.982. The molecule has 0 saturated heterocycles. The summed E-state index contributed by atoms with van der Waals surface area (Å²) in [6.45, 7) is 4.24. The molecule has 3 nitrogen and oxygen atoms in total. The van der Waals surface area contributed by atoms with E-state index in [-0.39, 0.29) is 0 Å². The molecule has 0 aromatic carbocycles. The SMILES string of the molecule is CCc1n2ccc3c(C)coc3c2c[n+]1C. The van der Waals surface area contributed by atoms with Gasteiger partial charge in [0, 0.05) is 11.8 Å². The number of hydrogen-bond acceptors (Lipinski definition) is 1. The van der Waals surface area contributed by atoms with Crippen LogP contribution in [0.15, 0.2) is 29.1 Å². The maximum atomic E-state index is 5.64. The highest BCUT2D eigenvalue weighted by molar-refractivity contribution is 5.92. The van der Waals surface area contributed by atoms with Crippen molar-refractivity contribution < 1.29 is 8.98 Å². The molecule has 3 aromatic rings. The molecule has 0 aliphatic carbocycles. The van der Waals surface area contributed by atoms with Crippen LogP contribution in [0.4, 0.5) is 0 Å². The van der Waals surface area contributed by atoms with E-state index in [0.717, 1.165) is 17.5 Å². The van der Waals surface area contributed by atoms with Crippen LogP contribution in [-0.4, -0.2) is 4.40 Å². The van der Waals surface area contributed by atoms with Gasteiger partial charge in [-0.15, -0.1) is 0 Å². The van der Waals surface area contributed by atoms with Crippen LogP contribution in [0.3, 0.4) is 0 Å². The van der Waals surface area contributed by atoms with Crippen LogP contribution < -0.4 is 4.57 Å². The normalized spacial score (nSPS) is 11.7. The summed E-state index contributed by atoms with van der Waals surface area (Å²) in [6.07, 6.45) is 7.09. The Labute approximate surface area is 93.9 Å². The largest absolute Gasteiger partial charge is 0.459 e. The number of furan rings is 1. The number of pyridine rings is 1. The van der Waals surface area contributed by atoms with Gasteiger partial charge in [-0.1, -0.05) is 6.92 Å². The molecule has 0 spiro atoms. The highest BCUT2D eigenvalue weighted by Crippen LogP contribution is 2.24. The number of fused-ring (bicyclic) bond motifs is 3. The number of nitrogens with zero attached hydrogens (tertiary/aromatic N) is 2. The molecule has 0 saturated carbocycles. The monoisotopic (exact) mass is 215 g/mol. The first kappa shape index (κ1) is 9.46. The summed E-state index contributed by atoms with van der Waals surface area (Å²) < 4.78 is 10.00. The van der Waals surface area contributed by atoms with Gasteiger partial charge in [0.1, 0.15) is 6.20 Å². The number of imidazole rings is 1.